The van der Waals surface area contributed by atoms with Gasteiger partial charge in [-0.25, -0.2) is 8.42 Å². The fourth-order valence-corrected chi connectivity index (χ4v) is 4.26. The van der Waals surface area contributed by atoms with Crippen LogP contribution in [0.4, 0.5) is 5.69 Å². The number of sulfonamides is 1. The lowest BCUT2D eigenvalue weighted by Crippen LogP contribution is -2.51. The molecule has 0 aromatic heterocycles. The standard InChI is InChI=1S/C23H31N3O4S/c1-6-24-23(28)19(4)25(15-20-12-9-10-17(2)14-20)22(27)16-26(31(5,29)30)21-13-8-7-11-18(21)3/h7-14,19H,6,15-16H2,1-5H3,(H,24,28). The largest absolute Gasteiger partial charge is 0.355 e. The van der Waals surface area contributed by atoms with E-state index in [9.17, 15) is 18.0 Å². The van der Waals surface area contributed by atoms with Crippen molar-refractivity contribution in [2.45, 2.75) is 40.3 Å². The molecule has 0 heterocycles. The summed E-state index contributed by atoms with van der Waals surface area (Å²) in [5.74, 6) is -0.737. The second kappa shape index (κ2) is 10.4. The van der Waals surface area contributed by atoms with E-state index >= 15 is 0 Å². The number of nitrogens with one attached hydrogen (secondary N) is 1. The first kappa shape index (κ1) is 24.4. The summed E-state index contributed by atoms with van der Waals surface area (Å²) >= 11 is 0. The van der Waals surface area contributed by atoms with Gasteiger partial charge in [0.25, 0.3) is 0 Å². The summed E-state index contributed by atoms with van der Waals surface area (Å²) in [6.45, 7) is 7.45. The van der Waals surface area contributed by atoms with Crippen molar-refractivity contribution in [1.29, 1.82) is 0 Å². The molecule has 2 aromatic rings. The molecule has 2 rings (SSSR count). The van der Waals surface area contributed by atoms with Crippen molar-refractivity contribution in [3.63, 3.8) is 0 Å². The minimum Gasteiger partial charge on any atom is -0.355 e. The SMILES string of the molecule is CCNC(=O)C(C)N(Cc1cccc(C)c1)C(=O)CN(c1ccccc1C)S(C)(=O)=O. The van der Waals surface area contributed by atoms with E-state index in [1.807, 2.05) is 37.3 Å². The van der Waals surface area contributed by atoms with Crippen LogP contribution >= 0.6 is 0 Å². The number of carbonyl (C=O) groups is 2. The Morgan fingerprint density at radius 1 is 1.06 bits per heavy atom. The summed E-state index contributed by atoms with van der Waals surface area (Å²) < 4.78 is 26.2. The molecule has 0 saturated carbocycles. The van der Waals surface area contributed by atoms with Gasteiger partial charge in [-0.3, -0.25) is 13.9 Å². The predicted octanol–water partition coefficient (Wildman–Crippen LogP) is 2.62. The Morgan fingerprint density at radius 3 is 2.32 bits per heavy atom. The van der Waals surface area contributed by atoms with Gasteiger partial charge >= 0.3 is 0 Å². The second-order valence-electron chi connectivity index (χ2n) is 7.64. The number of para-hydroxylation sites is 1. The summed E-state index contributed by atoms with van der Waals surface area (Å²) in [4.78, 5) is 27.3. The zero-order chi connectivity index (χ0) is 23.2. The molecule has 1 N–H and O–H groups in total. The van der Waals surface area contributed by atoms with Gasteiger partial charge in [-0.15, -0.1) is 0 Å². The molecular weight excluding hydrogens is 414 g/mol. The first-order valence-corrected chi connectivity index (χ1v) is 12.1. The maximum atomic E-state index is 13.4. The van der Waals surface area contributed by atoms with Gasteiger partial charge in [0.05, 0.1) is 11.9 Å². The first-order valence-electron chi connectivity index (χ1n) is 10.2. The van der Waals surface area contributed by atoms with Crippen LogP contribution in [0.3, 0.4) is 0 Å². The Kier molecular flexibility index (Phi) is 8.21. The van der Waals surface area contributed by atoms with Crippen molar-refractivity contribution < 1.29 is 18.0 Å². The smallest absolute Gasteiger partial charge is 0.244 e. The molecule has 0 aliphatic carbocycles. The number of carbonyl (C=O) groups excluding carboxylic acids is 2. The average molecular weight is 446 g/mol. The van der Waals surface area contributed by atoms with Crippen molar-refractivity contribution in [1.82, 2.24) is 10.2 Å². The van der Waals surface area contributed by atoms with Gasteiger partial charge in [0.15, 0.2) is 0 Å². The highest BCUT2D eigenvalue weighted by Gasteiger charge is 2.30. The number of likely N-dealkylation sites (N-methyl/N-ethyl adjacent to an activating group) is 1. The maximum Gasteiger partial charge on any atom is 0.244 e. The number of anilines is 1. The highest BCUT2D eigenvalue weighted by atomic mass is 32.2. The van der Waals surface area contributed by atoms with Gasteiger partial charge in [-0.1, -0.05) is 48.0 Å². The summed E-state index contributed by atoms with van der Waals surface area (Å²) in [6, 6.07) is 13.9. The lowest BCUT2D eigenvalue weighted by atomic mass is 10.1. The number of benzene rings is 2. The number of rotatable bonds is 9. The third-order valence-electron chi connectivity index (χ3n) is 5.02. The van der Waals surface area contributed by atoms with Gasteiger partial charge in [0.2, 0.25) is 21.8 Å². The first-order chi connectivity index (χ1) is 14.5. The molecule has 0 spiro atoms. The predicted molar refractivity (Wildman–Crippen MR) is 123 cm³/mol. The lowest BCUT2D eigenvalue weighted by Gasteiger charge is -2.31. The van der Waals surface area contributed by atoms with Gasteiger partial charge in [-0.05, 0) is 44.9 Å². The van der Waals surface area contributed by atoms with Gasteiger partial charge in [0.1, 0.15) is 12.6 Å². The van der Waals surface area contributed by atoms with Crippen molar-refractivity contribution in [2.24, 2.45) is 0 Å². The van der Waals surface area contributed by atoms with Crippen LogP contribution in [0.1, 0.15) is 30.5 Å². The van der Waals surface area contributed by atoms with Crippen molar-refractivity contribution in [3.05, 3.63) is 65.2 Å². The number of hydrogen-bond acceptors (Lipinski definition) is 4. The number of amides is 2. The van der Waals surface area contributed by atoms with E-state index in [4.69, 9.17) is 0 Å². The van der Waals surface area contributed by atoms with Crippen LogP contribution in [-0.2, 0) is 26.2 Å². The van der Waals surface area contributed by atoms with Gasteiger partial charge in [0, 0.05) is 13.1 Å². The van der Waals surface area contributed by atoms with Crippen LogP contribution in [0.5, 0.6) is 0 Å². The fourth-order valence-electron chi connectivity index (χ4n) is 3.35. The van der Waals surface area contributed by atoms with Crippen molar-refractivity contribution in [3.8, 4) is 0 Å². The van der Waals surface area contributed by atoms with E-state index in [-0.39, 0.29) is 19.0 Å². The molecule has 1 atom stereocenters. The quantitative estimate of drug-likeness (QED) is 0.643. The molecule has 8 heteroatoms. The maximum absolute atomic E-state index is 13.4. The molecule has 0 aliphatic rings. The Bertz CT molecular complexity index is 1040. The van der Waals surface area contributed by atoms with Crippen LogP contribution in [-0.4, -0.2) is 50.5 Å². The average Bonchev–Trinajstić information content (AvgIpc) is 2.69. The minimum absolute atomic E-state index is 0.199. The molecular formula is C23H31N3O4S. The normalized spacial score (nSPS) is 12.2. The van der Waals surface area contributed by atoms with E-state index in [0.29, 0.717) is 12.2 Å². The monoisotopic (exact) mass is 445 g/mol. The Balaban J connectivity index is 2.40. The third-order valence-corrected chi connectivity index (χ3v) is 6.14. The van der Waals surface area contributed by atoms with Crippen LogP contribution in [0.15, 0.2) is 48.5 Å². The number of aryl methyl sites for hydroxylation is 2. The lowest BCUT2D eigenvalue weighted by molar-refractivity contribution is -0.139. The molecule has 0 aliphatic heterocycles. The topological polar surface area (TPSA) is 86.8 Å². The van der Waals surface area contributed by atoms with Crippen LogP contribution < -0.4 is 9.62 Å². The third kappa shape index (κ3) is 6.55. The second-order valence-corrected chi connectivity index (χ2v) is 9.54. The molecule has 7 nitrogen and oxygen atoms in total. The Hall–Kier alpha value is -2.87. The summed E-state index contributed by atoms with van der Waals surface area (Å²) in [5.41, 5.74) is 3.08. The number of nitrogens with zero attached hydrogens (tertiary/aromatic N) is 2. The van der Waals surface area contributed by atoms with Crippen molar-refractivity contribution >= 4 is 27.5 Å². The number of hydrogen-bond donors (Lipinski definition) is 1. The molecule has 2 aromatic carbocycles. The van der Waals surface area contributed by atoms with Crippen LogP contribution in [0.25, 0.3) is 0 Å². The van der Waals surface area contributed by atoms with Gasteiger partial charge < -0.3 is 10.2 Å². The fraction of sp³-hybridized carbons (Fsp3) is 0.391. The van der Waals surface area contributed by atoms with Gasteiger partial charge in [-0.2, -0.15) is 0 Å². The summed E-state index contributed by atoms with van der Waals surface area (Å²) in [7, 11) is -3.72. The zero-order valence-electron chi connectivity index (χ0n) is 18.8. The molecule has 0 bridgehead atoms. The molecule has 168 valence electrons. The summed E-state index contributed by atoms with van der Waals surface area (Å²) in [5, 5.41) is 2.74. The molecule has 0 fully saturated rings. The van der Waals surface area contributed by atoms with E-state index in [0.717, 1.165) is 27.3 Å². The van der Waals surface area contributed by atoms with E-state index in [1.165, 1.54) is 4.90 Å². The van der Waals surface area contributed by atoms with Crippen molar-refractivity contribution in [2.75, 3.05) is 23.7 Å². The molecule has 0 radical (unpaired) electrons. The molecule has 2 amide bonds. The molecule has 0 saturated heterocycles. The highest BCUT2D eigenvalue weighted by molar-refractivity contribution is 7.92. The minimum atomic E-state index is -3.72. The van der Waals surface area contributed by atoms with E-state index in [1.54, 1.807) is 39.0 Å². The Morgan fingerprint density at radius 2 is 1.74 bits per heavy atom. The molecule has 1 unspecified atom stereocenters. The van der Waals surface area contributed by atoms with Crippen LogP contribution in [0.2, 0.25) is 0 Å². The van der Waals surface area contributed by atoms with E-state index in [2.05, 4.69) is 5.32 Å². The summed E-state index contributed by atoms with van der Waals surface area (Å²) in [6.07, 6.45) is 1.07. The zero-order valence-corrected chi connectivity index (χ0v) is 19.6. The van der Waals surface area contributed by atoms with Crippen LogP contribution in [0, 0.1) is 13.8 Å². The molecule has 31 heavy (non-hydrogen) atoms. The highest BCUT2D eigenvalue weighted by Crippen LogP contribution is 2.23. The Labute approximate surface area is 185 Å². The van der Waals surface area contributed by atoms with E-state index < -0.39 is 22.0 Å².